The number of furan rings is 1. The summed E-state index contributed by atoms with van der Waals surface area (Å²) in [5.41, 5.74) is 0.851. The first-order chi connectivity index (χ1) is 14.5. The van der Waals surface area contributed by atoms with Crippen LogP contribution in [0.15, 0.2) is 52.8 Å². The Morgan fingerprint density at radius 2 is 1.93 bits per heavy atom. The van der Waals surface area contributed by atoms with Crippen molar-refractivity contribution in [3.05, 3.63) is 69.8 Å². The number of imide groups is 1. The summed E-state index contributed by atoms with van der Waals surface area (Å²) in [6.45, 7) is 1.07. The Bertz CT molecular complexity index is 996. The van der Waals surface area contributed by atoms with Gasteiger partial charge in [-0.15, -0.1) is 0 Å². The Kier molecular flexibility index (Phi) is 5.37. The molecule has 1 saturated heterocycles. The van der Waals surface area contributed by atoms with Gasteiger partial charge in [0.2, 0.25) is 0 Å². The lowest BCUT2D eigenvalue weighted by atomic mass is 9.97. The SMILES string of the molecule is O=C1C(c2ccc([N+](=O)[O-])cc2)=C(N2CCCC(CO)C2)C(=O)N1Cc1ccco1. The van der Waals surface area contributed by atoms with Crippen LogP contribution >= 0.6 is 0 Å². The highest BCUT2D eigenvalue weighted by molar-refractivity contribution is 6.35. The van der Waals surface area contributed by atoms with Gasteiger partial charge in [0, 0.05) is 31.8 Å². The normalized spacial score (nSPS) is 19.7. The summed E-state index contributed by atoms with van der Waals surface area (Å²) in [6, 6.07) is 8.99. The Balaban J connectivity index is 1.74. The van der Waals surface area contributed by atoms with Crippen LogP contribution in [-0.4, -0.2) is 51.3 Å². The minimum absolute atomic E-state index is 0.00190. The molecule has 1 aromatic heterocycles. The quantitative estimate of drug-likeness (QED) is 0.440. The Hall–Kier alpha value is -3.46. The number of rotatable bonds is 6. The number of nitrogens with zero attached hydrogens (tertiary/aromatic N) is 3. The van der Waals surface area contributed by atoms with E-state index in [-0.39, 0.29) is 36.0 Å². The molecule has 9 nitrogen and oxygen atoms in total. The van der Waals surface area contributed by atoms with Crippen molar-refractivity contribution >= 4 is 23.1 Å². The number of likely N-dealkylation sites (tertiary alicyclic amines) is 1. The van der Waals surface area contributed by atoms with Gasteiger partial charge in [-0.05, 0) is 48.6 Å². The van der Waals surface area contributed by atoms with E-state index in [1.807, 2.05) is 4.90 Å². The van der Waals surface area contributed by atoms with Crippen LogP contribution in [0.2, 0.25) is 0 Å². The number of non-ortho nitro benzene ring substituents is 1. The van der Waals surface area contributed by atoms with E-state index in [9.17, 15) is 24.8 Å². The Morgan fingerprint density at radius 1 is 1.17 bits per heavy atom. The fraction of sp³-hybridized carbons (Fsp3) is 0.333. The number of aliphatic hydroxyl groups excluding tert-OH is 1. The lowest BCUT2D eigenvalue weighted by Gasteiger charge is -2.34. The molecular formula is C21H21N3O6. The van der Waals surface area contributed by atoms with E-state index in [4.69, 9.17) is 4.42 Å². The molecule has 9 heteroatoms. The Labute approximate surface area is 172 Å². The number of benzene rings is 1. The highest BCUT2D eigenvalue weighted by Crippen LogP contribution is 2.35. The van der Waals surface area contributed by atoms with E-state index in [1.165, 1.54) is 30.5 Å². The molecule has 1 fully saturated rings. The van der Waals surface area contributed by atoms with Gasteiger partial charge >= 0.3 is 0 Å². The molecule has 30 heavy (non-hydrogen) atoms. The molecule has 0 saturated carbocycles. The molecule has 1 unspecified atom stereocenters. The zero-order valence-electron chi connectivity index (χ0n) is 16.2. The number of hydrogen-bond acceptors (Lipinski definition) is 7. The second-order valence-corrected chi connectivity index (χ2v) is 7.44. The monoisotopic (exact) mass is 411 g/mol. The molecule has 0 spiro atoms. The number of carbonyl (C=O) groups is 2. The van der Waals surface area contributed by atoms with E-state index in [0.717, 1.165) is 17.7 Å². The van der Waals surface area contributed by atoms with Gasteiger partial charge in [-0.2, -0.15) is 0 Å². The number of piperidine rings is 1. The van der Waals surface area contributed by atoms with Gasteiger partial charge in [-0.3, -0.25) is 24.6 Å². The summed E-state index contributed by atoms with van der Waals surface area (Å²) >= 11 is 0. The maximum Gasteiger partial charge on any atom is 0.278 e. The van der Waals surface area contributed by atoms with Crippen molar-refractivity contribution in [1.29, 1.82) is 0 Å². The number of nitro benzene ring substituents is 1. The van der Waals surface area contributed by atoms with E-state index >= 15 is 0 Å². The summed E-state index contributed by atoms with van der Waals surface area (Å²) in [5.74, 6) is -0.394. The first-order valence-corrected chi connectivity index (χ1v) is 9.73. The number of hydrogen-bond donors (Lipinski definition) is 1. The third kappa shape index (κ3) is 3.59. The smallest absolute Gasteiger partial charge is 0.278 e. The number of nitro groups is 1. The molecule has 2 aliphatic heterocycles. The molecule has 1 N–H and O–H groups in total. The summed E-state index contributed by atoms with van der Waals surface area (Å²) < 4.78 is 5.30. The van der Waals surface area contributed by atoms with Crippen LogP contribution in [0, 0.1) is 16.0 Å². The first kappa shape index (κ1) is 19.8. The van der Waals surface area contributed by atoms with Crippen molar-refractivity contribution in [3.8, 4) is 0 Å². The second kappa shape index (κ2) is 8.11. The minimum atomic E-state index is -0.514. The molecular weight excluding hydrogens is 390 g/mol. The van der Waals surface area contributed by atoms with Crippen LogP contribution in [0.5, 0.6) is 0 Å². The van der Waals surface area contributed by atoms with Gasteiger partial charge in [0.15, 0.2) is 0 Å². The average Bonchev–Trinajstić information content (AvgIpc) is 3.36. The molecule has 1 aromatic carbocycles. The molecule has 0 aliphatic carbocycles. The molecule has 0 bridgehead atoms. The molecule has 156 valence electrons. The summed E-state index contributed by atoms with van der Waals surface area (Å²) in [7, 11) is 0. The highest BCUT2D eigenvalue weighted by Gasteiger charge is 2.42. The Morgan fingerprint density at radius 3 is 2.57 bits per heavy atom. The highest BCUT2D eigenvalue weighted by atomic mass is 16.6. The van der Waals surface area contributed by atoms with Crippen molar-refractivity contribution in [2.24, 2.45) is 5.92 Å². The second-order valence-electron chi connectivity index (χ2n) is 7.44. The van der Waals surface area contributed by atoms with Crippen LogP contribution in [0.25, 0.3) is 5.57 Å². The fourth-order valence-corrected chi connectivity index (χ4v) is 3.99. The van der Waals surface area contributed by atoms with Gasteiger partial charge < -0.3 is 14.4 Å². The molecule has 0 radical (unpaired) electrons. The van der Waals surface area contributed by atoms with Gasteiger partial charge in [0.25, 0.3) is 17.5 Å². The van der Waals surface area contributed by atoms with Crippen molar-refractivity contribution in [3.63, 3.8) is 0 Å². The van der Waals surface area contributed by atoms with E-state index in [2.05, 4.69) is 0 Å². The van der Waals surface area contributed by atoms with Crippen molar-refractivity contribution < 1.29 is 24.0 Å². The van der Waals surface area contributed by atoms with Crippen LogP contribution in [0.1, 0.15) is 24.2 Å². The number of amides is 2. The standard InChI is InChI=1S/C21H21N3O6/c25-13-14-3-1-9-22(11-14)19-18(15-5-7-16(8-6-15)24(28)29)20(26)23(21(19)27)12-17-4-2-10-30-17/h2,4-8,10,14,25H,1,3,9,11-13H2. The largest absolute Gasteiger partial charge is 0.467 e. The average molecular weight is 411 g/mol. The van der Waals surface area contributed by atoms with Crippen molar-refractivity contribution in [2.45, 2.75) is 19.4 Å². The maximum atomic E-state index is 13.3. The molecule has 2 amide bonds. The molecule has 3 heterocycles. The van der Waals surface area contributed by atoms with Gasteiger partial charge in [-0.25, -0.2) is 0 Å². The summed E-state index contributed by atoms with van der Waals surface area (Å²) in [4.78, 5) is 40.0. The summed E-state index contributed by atoms with van der Waals surface area (Å²) in [5, 5.41) is 20.6. The topological polar surface area (TPSA) is 117 Å². The van der Waals surface area contributed by atoms with Crippen molar-refractivity contribution in [2.75, 3.05) is 19.7 Å². The maximum absolute atomic E-state index is 13.3. The predicted octanol–water partition coefficient (Wildman–Crippen LogP) is 2.17. The predicted molar refractivity (Wildman–Crippen MR) is 106 cm³/mol. The first-order valence-electron chi connectivity index (χ1n) is 9.73. The number of carbonyl (C=O) groups excluding carboxylic acids is 2. The minimum Gasteiger partial charge on any atom is -0.467 e. The fourth-order valence-electron chi connectivity index (χ4n) is 3.99. The third-order valence-electron chi connectivity index (χ3n) is 5.50. The van der Waals surface area contributed by atoms with Crippen molar-refractivity contribution in [1.82, 2.24) is 9.80 Å². The zero-order chi connectivity index (χ0) is 21.3. The third-order valence-corrected chi connectivity index (χ3v) is 5.50. The molecule has 2 aromatic rings. The summed E-state index contributed by atoms with van der Waals surface area (Å²) in [6.07, 6.45) is 3.12. The van der Waals surface area contributed by atoms with Gasteiger partial charge in [0.1, 0.15) is 11.5 Å². The zero-order valence-corrected chi connectivity index (χ0v) is 16.2. The van der Waals surface area contributed by atoms with Crippen LogP contribution < -0.4 is 0 Å². The van der Waals surface area contributed by atoms with E-state index in [0.29, 0.717) is 24.4 Å². The molecule has 4 rings (SSSR count). The number of aliphatic hydroxyl groups is 1. The van der Waals surface area contributed by atoms with Crippen LogP contribution in [0.4, 0.5) is 5.69 Å². The molecule has 1 atom stereocenters. The van der Waals surface area contributed by atoms with Gasteiger partial charge in [0.05, 0.1) is 23.3 Å². The lowest BCUT2D eigenvalue weighted by molar-refractivity contribution is -0.384. The molecule has 2 aliphatic rings. The lowest BCUT2D eigenvalue weighted by Crippen LogP contribution is -2.40. The van der Waals surface area contributed by atoms with E-state index in [1.54, 1.807) is 12.1 Å². The van der Waals surface area contributed by atoms with Gasteiger partial charge in [-0.1, -0.05) is 0 Å². The van der Waals surface area contributed by atoms with E-state index < -0.39 is 16.7 Å². The van der Waals surface area contributed by atoms with Crippen LogP contribution in [-0.2, 0) is 16.1 Å². The van der Waals surface area contributed by atoms with Crippen LogP contribution in [0.3, 0.4) is 0 Å².